The smallest absolute Gasteiger partial charge is 0.335 e. The Morgan fingerprint density at radius 1 is 1.26 bits per heavy atom. The number of aromatic nitrogens is 2. The van der Waals surface area contributed by atoms with Gasteiger partial charge in [0.1, 0.15) is 0 Å². The highest BCUT2D eigenvalue weighted by Gasteiger charge is 2.15. The highest BCUT2D eigenvalue weighted by Crippen LogP contribution is 2.06. The number of hydrogen-bond acceptors (Lipinski definition) is 6. The number of rotatable bonds is 4. The van der Waals surface area contributed by atoms with Crippen LogP contribution in [0.1, 0.15) is 26.4 Å². The van der Waals surface area contributed by atoms with Gasteiger partial charge in [-0.25, -0.2) is 9.42 Å². The SMILES string of the molecule is Nc1nonc1C(=O)NCc1ccc(C(=O)O)cc1. The first-order valence-corrected chi connectivity index (χ1v) is 5.26. The van der Waals surface area contributed by atoms with Crippen molar-refractivity contribution in [2.24, 2.45) is 0 Å². The molecule has 0 atom stereocenters. The van der Waals surface area contributed by atoms with Gasteiger partial charge in [0, 0.05) is 6.54 Å². The zero-order valence-corrected chi connectivity index (χ0v) is 9.66. The third kappa shape index (κ3) is 2.86. The number of carboxylic acid groups (broad SMARTS) is 1. The van der Waals surface area contributed by atoms with Gasteiger partial charge in [0.05, 0.1) is 5.56 Å². The summed E-state index contributed by atoms with van der Waals surface area (Å²) < 4.78 is 4.31. The Balaban J connectivity index is 1.97. The van der Waals surface area contributed by atoms with Crippen molar-refractivity contribution in [1.29, 1.82) is 0 Å². The molecule has 98 valence electrons. The van der Waals surface area contributed by atoms with Gasteiger partial charge in [0.2, 0.25) is 11.5 Å². The van der Waals surface area contributed by atoms with Gasteiger partial charge in [-0.15, -0.1) is 0 Å². The van der Waals surface area contributed by atoms with Crippen LogP contribution in [0.25, 0.3) is 0 Å². The van der Waals surface area contributed by atoms with Crippen LogP contribution in [-0.4, -0.2) is 27.3 Å². The van der Waals surface area contributed by atoms with E-state index in [-0.39, 0.29) is 23.6 Å². The van der Waals surface area contributed by atoms with Crippen molar-refractivity contribution >= 4 is 17.7 Å². The Morgan fingerprint density at radius 2 is 1.95 bits per heavy atom. The van der Waals surface area contributed by atoms with E-state index in [4.69, 9.17) is 10.8 Å². The number of nitrogens with zero attached hydrogens (tertiary/aromatic N) is 2. The molecule has 1 heterocycles. The lowest BCUT2D eigenvalue weighted by atomic mass is 10.1. The number of nitrogen functional groups attached to an aromatic ring is 1. The first-order valence-electron chi connectivity index (χ1n) is 5.26. The topological polar surface area (TPSA) is 131 Å². The van der Waals surface area contributed by atoms with Crippen LogP contribution in [0.5, 0.6) is 0 Å². The Morgan fingerprint density at radius 3 is 2.47 bits per heavy atom. The maximum absolute atomic E-state index is 11.6. The van der Waals surface area contributed by atoms with Gasteiger partial charge in [-0.3, -0.25) is 4.79 Å². The molecule has 0 saturated heterocycles. The quantitative estimate of drug-likeness (QED) is 0.720. The van der Waals surface area contributed by atoms with E-state index in [0.29, 0.717) is 0 Å². The molecule has 1 aromatic carbocycles. The van der Waals surface area contributed by atoms with Crippen LogP contribution in [-0.2, 0) is 6.54 Å². The van der Waals surface area contributed by atoms with Gasteiger partial charge in [-0.1, -0.05) is 12.1 Å². The minimum Gasteiger partial charge on any atom is -0.478 e. The number of nitrogens with two attached hydrogens (primary N) is 1. The number of anilines is 1. The highest BCUT2D eigenvalue weighted by molar-refractivity contribution is 5.95. The molecule has 0 aliphatic heterocycles. The summed E-state index contributed by atoms with van der Waals surface area (Å²) in [6.45, 7) is 0.213. The molecule has 0 unspecified atom stereocenters. The van der Waals surface area contributed by atoms with Gasteiger partial charge in [0.15, 0.2) is 0 Å². The van der Waals surface area contributed by atoms with Crippen molar-refractivity contribution in [2.45, 2.75) is 6.54 Å². The van der Waals surface area contributed by atoms with Gasteiger partial charge in [0.25, 0.3) is 5.91 Å². The molecule has 2 aromatic rings. The zero-order chi connectivity index (χ0) is 13.8. The second kappa shape index (κ2) is 5.17. The summed E-state index contributed by atoms with van der Waals surface area (Å²) in [6, 6.07) is 6.12. The fraction of sp³-hybridized carbons (Fsp3) is 0.0909. The van der Waals surface area contributed by atoms with E-state index < -0.39 is 11.9 Å². The summed E-state index contributed by atoms with van der Waals surface area (Å²) in [4.78, 5) is 22.3. The Labute approximate surface area is 107 Å². The van der Waals surface area contributed by atoms with Gasteiger partial charge >= 0.3 is 5.97 Å². The molecule has 0 aliphatic rings. The molecule has 0 fully saturated rings. The first kappa shape index (κ1) is 12.6. The van der Waals surface area contributed by atoms with Crippen molar-refractivity contribution in [3.8, 4) is 0 Å². The van der Waals surface area contributed by atoms with Crippen LogP contribution in [0.4, 0.5) is 5.82 Å². The largest absolute Gasteiger partial charge is 0.478 e. The monoisotopic (exact) mass is 262 g/mol. The Hall–Kier alpha value is -2.90. The van der Waals surface area contributed by atoms with E-state index in [2.05, 4.69) is 20.3 Å². The van der Waals surface area contributed by atoms with E-state index in [1.54, 1.807) is 12.1 Å². The van der Waals surface area contributed by atoms with Crippen LogP contribution >= 0.6 is 0 Å². The van der Waals surface area contributed by atoms with Crippen molar-refractivity contribution in [2.75, 3.05) is 5.73 Å². The minimum absolute atomic E-state index is 0.0813. The number of carbonyl (C=O) groups is 2. The standard InChI is InChI=1S/C11H10N4O4/c12-9-8(14-19-15-9)10(16)13-5-6-1-3-7(4-2-6)11(17)18/h1-4H,5H2,(H2,12,15)(H,13,16)(H,17,18). The van der Waals surface area contributed by atoms with Gasteiger partial charge < -0.3 is 16.2 Å². The predicted molar refractivity (Wildman–Crippen MR) is 63.3 cm³/mol. The van der Waals surface area contributed by atoms with Crippen LogP contribution in [0.2, 0.25) is 0 Å². The predicted octanol–water partition coefficient (Wildman–Crippen LogP) is 0.280. The Kier molecular flexibility index (Phi) is 3.42. The summed E-state index contributed by atoms with van der Waals surface area (Å²) in [6.07, 6.45) is 0. The van der Waals surface area contributed by atoms with Crippen molar-refractivity contribution < 1.29 is 19.3 Å². The number of hydrogen-bond donors (Lipinski definition) is 3. The van der Waals surface area contributed by atoms with E-state index in [1.807, 2.05) is 0 Å². The fourth-order valence-electron chi connectivity index (χ4n) is 1.38. The van der Waals surface area contributed by atoms with Crippen LogP contribution < -0.4 is 11.1 Å². The first-order chi connectivity index (χ1) is 9.08. The van der Waals surface area contributed by atoms with Gasteiger partial charge in [-0.05, 0) is 28.0 Å². The summed E-state index contributed by atoms with van der Waals surface area (Å²) in [7, 11) is 0. The van der Waals surface area contributed by atoms with E-state index in [0.717, 1.165) is 5.56 Å². The lowest BCUT2D eigenvalue weighted by molar-refractivity contribution is 0.0696. The van der Waals surface area contributed by atoms with Crippen LogP contribution in [0.3, 0.4) is 0 Å². The maximum Gasteiger partial charge on any atom is 0.335 e. The second-order valence-electron chi connectivity index (χ2n) is 3.68. The molecule has 0 aliphatic carbocycles. The molecule has 19 heavy (non-hydrogen) atoms. The molecule has 8 heteroatoms. The van der Waals surface area contributed by atoms with E-state index in [9.17, 15) is 9.59 Å². The third-order valence-corrected chi connectivity index (χ3v) is 2.38. The molecule has 0 bridgehead atoms. The molecule has 0 saturated carbocycles. The summed E-state index contributed by atoms with van der Waals surface area (Å²) in [5.74, 6) is -1.60. The van der Waals surface area contributed by atoms with Gasteiger partial charge in [-0.2, -0.15) is 0 Å². The molecule has 2 rings (SSSR count). The number of benzene rings is 1. The molecular weight excluding hydrogens is 252 g/mol. The lowest BCUT2D eigenvalue weighted by Gasteiger charge is -2.03. The molecule has 0 radical (unpaired) electrons. The summed E-state index contributed by atoms with van der Waals surface area (Å²) in [5.41, 5.74) is 6.21. The van der Waals surface area contributed by atoms with Crippen LogP contribution in [0, 0.1) is 0 Å². The normalized spacial score (nSPS) is 10.1. The summed E-state index contributed by atoms with van der Waals surface area (Å²) in [5, 5.41) is 18.0. The molecule has 1 aromatic heterocycles. The number of aromatic carboxylic acids is 1. The third-order valence-electron chi connectivity index (χ3n) is 2.38. The molecule has 1 amide bonds. The number of amides is 1. The molecule has 0 spiro atoms. The van der Waals surface area contributed by atoms with Crippen molar-refractivity contribution in [1.82, 2.24) is 15.6 Å². The number of nitrogens with one attached hydrogen (secondary N) is 1. The number of carbonyl (C=O) groups excluding carboxylic acids is 1. The second-order valence-corrected chi connectivity index (χ2v) is 3.68. The zero-order valence-electron chi connectivity index (χ0n) is 9.66. The molecule has 8 nitrogen and oxygen atoms in total. The molecule has 4 N–H and O–H groups in total. The Bertz CT molecular complexity index is 605. The van der Waals surface area contributed by atoms with Crippen molar-refractivity contribution in [3.05, 3.63) is 41.1 Å². The average Bonchev–Trinajstić information content (AvgIpc) is 2.83. The minimum atomic E-state index is -1.00. The summed E-state index contributed by atoms with van der Waals surface area (Å²) >= 11 is 0. The average molecular weight is 262 g/mol. The van der Waals surface area contributed by atoms with E-state index >= 15 is 0 Å². The van der Waals surface area contributed by atoms with Crippen LogP contribution in [0.15, 0.2) is 28.9 Å². The van der Waals surface area contributed by atoms with E-state index in [1.165, 1.54) is 12.1 Å². The molecular formula is C11H10N4O4. The lowest BCUT2D eigenvalue weighted by Crippen LogP contribution is -2.24. The fourth-order valence-corrected chi connectivity index (χ4v) is 1.38. The van der Waals surface area contributed by atoms with Crippen molar-refractivity contribution in [3.63, 3.8) is 0 Å². The maximum atomic E-state index is 11.6. The highest BCUT2D eigenvalue weighted by atomic mass is 16.6. The number of carboxylic acids is 1.